The van der Waals surface area contributed by atoms with E-state index in [9.17, 15) is 4.79 Å². The number of piperazine rings is 1. The second-order valence-corrected chi connectivity index (χ2v) is 7.58. The Morgan fingerprint density at radius 3 is 2.56 bits per heavy atom. The van der Waals surface area contributed by atoms with E-state index in [2.05, 4.69) is 27.3 Å². The first-order valence-electron chi connectivity index (χ1n) is 8.76. The predicted octanol–water partition coefficient (Wildman–Crippen LogP) is 4.50. The molecule has 5 nitrogen and oxygen atoms in total. The number of nitrogens with one attached hydrogen (secondary N) is 1. The summed E-state index contributed by atoms with van der Waals surface area (Å²) in [6.07, 6.45) is 0. The Bertz CT molecular complexity index is 922. The molecule has 1 aromatic heterocycles. The van der Waals surface area contributed by atoms with Crippen molar-refractivity contribution in [3.05, 3.63) is 70.7 Å². The molecule has 0 bridgehead atoms. The number of rotatable bonds is 4. The van der Waals surface area contributed by atoms with Crippen LogP contribution in [-0.2, 0) is 0 Å². The maximum Gasteiger partial charge on any atom is 0.273 e. The fourth-order valence-corrected chi connectivity index (χ4v) is 3.98. The third-order valence-corrected chi connectivity index (χ3v) is 5.48. The molecular weight excluding hydrogens is 380 g/mol. The van der Waals surface area contributed by atoms with E-state index in [0.717, 1.165) is 18.8 Å². The summed E-state index contributed by atoms with van der Waals surface area (Å²) < 4.78 is 0. The molecule has 4 rings (SSSR count). The fraction of sp³-hybridized carbons (Fsp3) is 0.200. The zero-order chi connectivity index (χ0) is 18.6. The van der Waals surface area contributed by atoms with Crippen molar-refractivity contribution in [3.8, 4) is 0 Å². The van der Waals surface area contributed by atoms with Gasteiger partial charge in [0.2, 0.25) is 0 Å². The smallest absolute Gasteiger partial charge is 0.273 e. The van der Waals surface area contributed by atoms with Gasteiger partial charge < -0.3 is 15.1 Å². The van der Waals surface area contributed by atoms with Gasteiger partial charge in [0.1, 0.15) is 5.69 Å². The van der Waals surface area contributed by atoms with Crippen molar-refractivity contribution in [2.75, 3.05) is 36.4 Å². The molecule has 1 fully saturated rings. The van der Waals surface area contributed by atoms with Crippen LogP contribution in [0.1, 0.15) is 10.5 Å². The molecule has 1 amide bonds. The highest BCUT2D eigenvalue weighted by Crippen LogP contribution is 2.24. The summed E-state index contributed by atoms with van der Waals surface area (Å²) in [5.74, 6) is -0.0156. The first-order valence-corrected chi connectivity index (χ1v) is 10.0. The lowest BCUT2D eigenvalue weighted by molar-refractivity contribution is 0.0742. The van der Waals surface area contributed by atoms with Gasteiger partial charge in [-0.25, -0.2) is 4.98 Å². The highest BCUT2D eigenvalue weighted by molar-refractivity contribution is 7.14. The van der Waals surface area contributed by atoms with Crippen molar-refractivity contribution in [3.63, 3.8) is 0 Å². The second kappa shape index (κ2) is 7.98. The number of halogens is 1. The highest BCUT2D eigenvalue weighted by atomic mass is 35.5. The SMILES string of the molecule is O=C(c1csc(Nc2cccc(Cl)c2)n1)N1CCN(c2ccccc2)CC1. The summed E-state index contributed by atoms with van der Waals surface area (Å²) >= 11 is 7.42. The average Bonchev–Trinajstić information content (AvgIpc) is 3.17. The van der Waals surface area contributed by atoms with Crippen LogP contribution < -0.4 is 10.2 Å². The third-order valence-electron chi connectivity index (χ3n) is 4.49. The van der Waals surface area contributed by atoms with E-state index < -0.39 is 0 Å². The van der Waals surface area contributed by atoms with Gasteiger partial charge in [-0.15, -0.1) is 11.3 Å². The monoisotopic (exact) mass is 398 g/mol. The van der Waals surface area contributed by atoms with Crippen molar-refractivity contribution in [2.45, 2.75) is 0 Å². The maximum absolute atomic E-state index is 12.8. The summed E-state index contributed by atoms with van der Waals surface area (Å²) in [6.45, 7) is 3.05. The molecule has 0 unspecified atom stereocenters. The van der Waals surface area contributed by atoms with Crippen LogP contribution in [0, 0.1) is 0 Å². The predicted molar refractivity (Wildman–Crippen MR) is 111 cm³/mol. The van der Waals surface area contributed by atoms with Gasteiger partial charge in [-0.3, -0.25) is 4.79 Å². The topological polar surface area (TPSA) is 48.5 Å². The maximum atomic E-state index is 12.8. The fourth-order valence-electron chi connectivity index (χ4n) is 3.09. The first kappa shape index (κ1) is 17.8. The zero-order valence-corrected chi connectivity index (χ0v) is 16.2. The van der Waals surface area contributed by atoms with Crippen LogP contribution in [0.4, 0.5) is 16.5 Å². The number of carbonyl (C=O) groups is 1. The number of hydrogen-bond donors (Lipinski definition) is 1. The van der Waals surface area contributed by atoms with Crippen molar-refractivity contribution in [1.82, 2.24) is 9.88 Å². The largest absolute Gasteiger partial charge is 0.368 e. The Morgan fingerprint density at radius 1 is 1.04 bits per heavy atom. The minimum Gasteiger partial charge on any atom is -0.368 e. The van der Waals surface area contributed by atoms with E-state index in [1.165, 1.54) is 17.0 Å². The average molecular weight is 399 g/mol. The minimum absolute atomic E-state index is 0.0156. The quantitative estimate of drug-likeness (QED) is 0.702. The number of aromatic nitrogens is 1. The van der Waals surface area contributed by atoms with Crippen LogP contribution in [-0.4, -0.2) is 42.0 Å². The molecule has 3 aromatic rings. The van der Waals surface area contributed by atoms with E-state index in [1.807, 2.05) is 47.4 Å². The van der Waals surface area contributed by atoms with Crippen molar-refractivity contribution >= 4 is 45.4 Å². The molecule has 0 atom stereocenters. The summed E-state index contributed by atoms with van der Waals surface area (Å²) in [5.41, 5.74) is 2.54. The number of nitrogens with zero attached hydrogens (tertiary/aromatic N) is 3. The lowest BCUT2D eigenvalue weighted by atomic mass is 10.2. The van der Waals surface area contributed by atoms with Crippen molar-refractivity contribution < 1.29 is 4.79 Å². The molecule has 1 aliphatic heterocycles. The van der Waals surface area contributed by atoms with Gasteiger partial charge in [-0.2, -0.15) is 0 Å². The minimum atomic E-state index is -0.0156. The Morgan fingerprint density at radius 2 is 1.81 bits per heavy atom. The van der Waals surface area contributed by atoms with Gasteiger partial charge >= 0.3 is 0 Å². The van der Waals surface area contributed by atoms with E-state index in [0.29, 0.717) is 28.9 Å². The Kier molecular flexibility index (Phi) is 5.27. The lowest BCUT2D eigenvalue weighted by Gasteiger charge is -2.35. The van der Waals surface area contributed by atoms with Gasteiger partial charge in [0.05, 0.1) is 0 Å². The van der Waals surface area contributed by atoms with Crippen LogP contribution >= 0.6 is 22.9 Å². The van der Waals surface area contributed by atoms with Crippen molar-refractivity contribution in [2.24, 2.45) is 0 Å². The van der Waals surface area contributed by atoms with Gasteiger partial charge in [0, 0.05) is 48.0 Å². The standard InChI is InChI=1S/C20H19ClN4OS/c21-15-5-4-6-16(13-15)22-20-23-18(14-27-20)19(26)25-11-9-24(10-12-25)17-7-2-1-3-8-17/h1-8,13-14H,9-12H2,(H,22,23). The number of carbonyl (C=O) groups excluding carboxylic acids is 1. The van der Waals surface area contributed by atoms with Gasteiger partial charge in [0.25, 0.3) is 5.91 Å². The number of thiazole rings is 1. The number of amides is 1. The van der Waals surface area contributed by atoms with Crippen LogP contribution in [0.25, 0.3) is 0 Å². The Labute approximate surface area is 167 Å². The molecule has 0 saturated carbocycles. The molecule has 1 N–H and O–H groups in total. The Hall–Kier alpha value is -2.57. The molecule has 0 aliphatic carbocycles. The van der Waals surface area contributed by atoms with Gasteiger partial charge in [-0.1, -0.05) is 35.9 Å². The molecular formula is C20H19ClN4OS. The third kappa shape index (κ3) is 4.23. The van der Waals surface area contributed by atoms with Crippen LogP contribution in [0.5, 0.6) is 0 Å². The summed E-state index contributed by atoms with van der Waals surface area (Å²) in [7, 11) is 0. The molecule has 0 radical (unpaired) electrons. The summed E-state index contributed by atoms with van der Waals surface area (Å²) in [4.78, 5) is 21.4. The number of para-hydroxylation sites is 1. The zero-order valence-electron chi connectivity index (χ0n) is 14.6. The molecule has 0 spiro atoms. The van der Waals surface area contributed by atoms with Crippen LogP contribution in [0.3, 0.4) is 0 Å². The van der Waals surface area contributed by atoms with E-state index in [-0.39, 0.29) is 5.91 Å². The van der Waals surface area contributed by atoms with Crippen LogP contribution in [0.2, 0.25) is 5.02 Å². The second-order valence-electron chi connectivity index (χ2n) is 6.29. The molecule has 138 valence electrons. The van der Waals surface area contributed by atoms with Gasteiger partial charge in [0.15, 0.2) is 5.13 Å². The molecule has 2 aromatic carbocycles. The first-order chi connectivity index (χ1) is 13.2. The van der Waals surface area contributed by atoms with E-state index in [1.54, 1.807) is 5.38 Å². The lowest BCUT2D eigenvalue weighted by Crippen LogP contribution is -2.48. The normalized spacial score (nSPS) is 14.3. The number of anilines is 3. The molecule has 27 heavy (non-hydrogen) atoms. The molecule has 1 aliphatic rings. The highest BCUT2D eigenvalue weighted by Gasteiger charge is 2.24. The summed E-state index contributed by atoms with van der Waals surface area (Å²) in [6, 6.07) is 17.7. The van der Waals surface area contributed by atoms with Gasteiger partial charge in [-0.05, 0) is 30.3 Å². The van der Waals surface area contributed by atoms with E-state index >= 15 is 0 Å². The van der Waals surface area contributed by atoms with Crippen molar-refractivity contribution in [1.29, 1.82) is 0 Å². The molecule has 7 heteroatoms. The Balaban J connectivity index is 1.37. The number of hydrogen-bond acceptors (Lipinski definition) is 5. The summed E-state index contributed by atoms with van der Waals surface area (Å²) in [5, 5.41) is 6.34. The van der Waals surface area contributed by atoms with Crippen LogP contribution in [0.15, 0.2) is 60.0 Å². The number of benzene rings is 2. The van der Waals surface area contributed by atoms with E-state index in [4.69, 9.17) is 11.6 Å². The molecule has 2 heterocycles. The molecule has 1 saturated heterocycles.